The third-order valence-electron chi connectivity index (χ3n) is 4.43. The highest BCUT2D eigenvalue weighted by Crippen LogP contribution is 2.20. The minimum Gasteiger partial charge on any atom is -0.504 e. The van der Waals surface area contributed by atoms with Gasteiger partial charge >= 0.3 is 5.97 Å². The molecule has 0 saturated carbocycles. The lowest BCUT2D eigenvalue weighted by Crippen LogP contribution is -2.42. The number of H-pyrrole nitrogens is 1. The van der Waals surface area contributed by atoms with Crippen LogP contribution < -0.4 is 10.9 Å². The molecule has 0 fully saturated rings. The first-order valence-electron chi connectivity index (χ1n) is 9.54. The predicted molar refractivity (Wildman–Crippen MR) is 111 cm³/mol. The number of para-hydroxylation sites is 1. The van der Waals surface area contributed by atoms with Gasteiger partial charge in [0.2, 0.25) is 0 Å². The van der Waals surface area contributed by atoms with Crippen LogP contribution in [0, 0.1) is 13.8 Å². The maximum Gasteiger partial charge on any atom is 0.340 e. The van der Waals surface area contributed by atoms with Gasteiger partial charge in [0.15, 0.2) is 11.4 Å². The lowest BCUT2D eigenvalue weighted by atomic mass is 10.1. The Bertz CT molecular complexity index is 1130. The van der Waals surface area contributed by atoms with Crippen molar-refractivity contribution in [1.29, 1.82) is 0 Å². The molecule has 0 saturated heterocycles. The first kappa shape index (κ1) is 21.6. The summed E-state index contributed by atoms with van der Waals surface area (Å²) in [7, 11) is 0. The zero-order chi connectivity index (χ0) is 22.7. The van der Waals surface area contributed by atoms with Gasteiger partial charge in [0.1, 0.15) is 5.69 Å². The normalized spacial score (nSPS) is 10.7. The number of aryl methyl sites for hydroxylation is 1. The number of aromatic hydroxyl groups is 1. The molecule has 31 heavy (non-hydrogen) atoms. The van der Waals surface area contributed by atoms with Gasteiger partial charge in [-0.3, -0.25) is 20.4 Å². The van der Waals surface area contributed by atoms with Crippen LogP contribution in [0.1, 0.15) is 56.4 Å². The van der Waals surface area contributed by atoms with Crippen LogP contribution in [0.3, 0.4) is 0 Å². The highest BCUT2D eigenvalue weighted by atomic mass is 16.5. The number of nitrogens with one attached hydrogen (secondary N) is 3. The van der Waals surface area contributed by atoms with Gasteiger partial charge in [0.25, 0.3) is 11.8 Å². The average Bonchev–Trinajstić information content (AvgIpc) is 3.25. The molecule has 2 aromatic heterocycles. The molecule has 0 aliphatic rings. The van der Waals surface area contributed by atoms with Crippen LogP contribution in [-0.4, -0.2) is 43.8 Å². The average molecular weight is 425 g/mol. The van der Waals surface area contributed by atoms with Crippen molar-refractivity contribution in [2.45, 2.75) is 33.8 Å². The predicted octanol–water partition coefficient (Wildman–Crippen LogP) is 2.16. The van der Waals surface area contributed by atoms with Crippen LogP contribution in [0.15, 0.2) is 36.5 Å². The summed E-state index contributed by atoms with van der Waals surface area (Å²) < 4.78 is 6.54. The van der Waals surface area contributed by atoms with Gasteiger partial charge < -0.3 is 14.8 Å². The molecule has 4 N–H and O–H groups in total. The Hall–Kier alpha value is -4.08. The Morgan fingerprint density at radius 3 is 2.39 bits per heavy atom. The van der Waals surface area contributed by atoms with Crippen molar-refractivity contribution in [2.75, 3.05) is 0 Å². The summed E-state index contributed by atoms with van der Waals surface area (Å²) >= 11 is 0. The number of ether oxygens (including phenoxy) is 1. The van der Waals surface area contributed by atoms with Crippen molar-refractivity contribution in [3.8, 4) is 11.4 Å². The number of rotatable bonds is 5. The van der Waals surface area contributed by atoms with Gasteiger partial charge in [-0.05, 0) is 45.4 Å². The van der Waals surface area contributed by atoms with Crippen LogP contribution in [0.25, 0.3) is 5.69 Å². The fourth-order valence-electron chi connectivity index (χ4n) is 3.03. The minimum atomic E-state index is -0.805. The molecule has 10 nitrogen and oxygen atoms in total. The fourth-order valence-corrected chi connectivity index (χ4v) is 3.03. The summed E-state index contributed by atoms with van der Waals surface area (Å²) in [5.74, 6) is -2.36. The molecule has 3 aromatic rings. The number of esters is 1. The Kier molecular flexibility index (Phi) is 6.10. The first-order chi connectivity index (χ1) is 14.7. The van der Waals surface area contributed by atoms with Crippen molar-refractivity contribution in [3.63, 3.8) is 0 Å². The second kappa shape index (κ2) is 8.74. The third-order valence-corrected chi connectivity index (χ3v) is 4.43. The van der Waals surface area contributed by atoms with E-state index in [2.05, 4.69) is 20.9 Å². The Morgan fingerprint density at radius 2 is 1.74 bits per heavy atom. The van der Waals surface area contributed by atoms with E-state index < -0.39 is 17.8 Å². The molecular formula is C21H23N5O5. The number of nitrogens with zero attached hydrogens (tertiary/aromatic N) is 2. The number of amides is 2. The maximum atomic E-state index is 12.5. The number of carbonyl (C=O) groups is 3. The van der Waals surface area contributed by atoms with E-state index in [0.29, 0.717) is 16.9 Å². The third kappa shape index (κ3) is 4.58. The molecule has 0 spiro atoms. The molecule has 2 heterocycles. The molecule has 0 unspecified atom stereocenters. The highest BCUT2D eigenvalue weighted by Gasteiger charge is 2.24. The quantitative estimate of drug-likeness (QED) is 0.365. The molecule has 0 aliphatic carbocycles. The fraction of sp³-hybridized carbons (Fsp3) is 0.238. The van der Waals surface area contributed by atoms with E-state index in [0.717, 1.165) is 0 Å². The maximum absolute atomic E-state index is 12.5. The van der Waals surface area contributed by atoms with Crippen LogP contribution in [-0.2, 0) is 4.74 Å². The van der Waals surface area contributed by atoms with E-state index >= 15 is 0 Å². The van der Waals surface area contributed by atoms with Crippen molar-refractivity contribution in [2.24, 2.45) is 0 Å². The lowest BCUT2D eigenvalue weighted by Gasteiger charge is -2.08. The highest BCUT2D eigenvalue weighted by molar-refractivity contribution is 6.02. The molecule has 0 bridgehead atoms. The lowest BCUT2D eigenvalue weighted by molar-refractivity contribution is 0.0376. The monoisotopic (exact) mass is 425 g/mol. The van der Waals surface area contributed by atoms with Crippen molar-refractivity contribution in [1.82, 2.24) is 25.6 Å². The number of benzene rings is 1. The van der Waals surface area contributed by atoms with Crippen molar-refractivity contribution >= 4 is 17.8 Å². The number of aromatic nitrogens is 3. The van der Waals surface area contributed by atoms with E-state index in [4.69, 9.17) is 4.74 Å². The Morgan fingerprint density at radius 1 is 1.10 bits per heavy atom. The summed E-state index contributed by atoms with van der Waals surface area (Å²) in [6, 6.07) is 8.93. The van der Waals surface area contributed by atoms with Crippen LogP contribution >= 0.6 is 0 Å². The topological polar surface area (TPSA) is 138 Å². The second-order valence-corrected chi connectivity index (χ2v) is 7.13. The molecule has 2 amide bonds. The molecule has 0 atom stereocenters. The summed E-state index contributed by atoms with van der Waals surface area (Å²) in [4.78, 5) is 40.0. The summed E-state index contributed by atoms with van der Waals surface area (Å²) in [5, 5.41) is 14.1. The largest absolute Gasteiger partial charge is 0.504 e. The van der Waals surface area contributed by atoms with Gasteiger partial charge in [0.05, 0.1) is 23.6 Å². The van der Waals surface area contributed by atoms with Gasteiger partial charge in [-0.1, -0.05) is 18.2 Å². The number of aromatic amines is 1. The molecule has 0 radical (unpaired) electrons. The van der Waals surface area contributed by atoms with Crippen LogP contribution in [0.4, 0.5) is 0 Å². The van der Waals surface area contributed by atoms with Crippen molar-refractivity contribution in [3.05, 3.63) is 64.7 Å². The summed E-state index contributed by atoms with van der Waals surface area (Å²) in [5.41, 5.74) is 6.09. The van der Waals surface area contributed by atoms with Gasteiger partial charge in [-0.15, -0.1) is 0 Å². The summed E-state index contributed by atoms with van der Waals surface area (Å²) in [6.45, 7) is 6.71. The van der Waals surface area contributed by atoms with E-state index in [1.807, 2.05) is 6.07 Å². The smallest absolute Gasteiger partial charge is 0.340 e. The molecule has 3 rings (SSSR count). The summed E-state index contributed by atoms with van der Waals surface area (Å²) in [6.07, 6.45) is 0.984. The van der Waals surface area contributed by atoms with Crippen LogP contribution in [0.5, 0.6) is 5.75 Å². The van der Waals surface area contributed by atoms with Crippen molar-refractivity contribution < 1.29 is 24.2 Å². The first-order valence-corrected chi connectivity index (χ1v) is 9.54. The number of hydrogen-bond acceptors (Lipinski definition) is 6. The zero-order valence-electron chi connectivity index (χ0n) is 17.5. The van der Waals surface area contributed by atoms with Crippen LogP contribution in [0.2, 0.25) is 0 Å². The van der Waals surface area contributed by atoms with E-state index in [9.17, 15) is 19.5 Å². The molecular weight excluding hydrogens is 402 g/mol. The number of hydrazine groups is 1. The molecule has 0 aliphatic heterocycles. The van der Waals surface area contributed by atoms with E-state index in [1.54, 1.807) is 52.0 Å². The number of carbonyl (C=O) groups excluding carboxylic acids is 3. The van der Waals surface area contributed by atoms with Gasteiger partial charge in [-0.2, -0.15) is 5.10 Å². The molecule has 10 heteroatoms. The van der Waals surface area contributed by atoms with Gasteiger partial charge in [-0.25, -0.2) is 9.48 Å². The Labute approximate surface area is 178 Å². The minimum absolute atomic E-state index is 0.104. The second-order valence-electron chi connectivity index (χ2n) is 7.13. The van der Waals surface area contributed by atoms with Gasteiger partial charge in [0, 0.05) is 5.69 Å². The number of hydrogen-bond donors (Lipinski definition) is 4. The van der Waals surface area contributed by atoms with E-state index in [-0.39, 0.29) is 28.8 Å². The molecule has 1 aromatic carbocycles. The standard InChI is InChI=1S/C21H23N5O5/c1-11(2)31-21(30)16-12(3)17(22-13(16)4)19(28)23-24-20(29)18-15(27)10-26(25-18)14-8-6-5-7-9-14/h5-11,22,27H,1-4H3,(H,23,28)(H,24,29). The Balaban J connectivity index is 1.71. The zero-order valence-corrected chi connectivity index (χ0v) is 17.5. The van der Waals surface area contributed by atoms with E-state index in [1.165, 1.54) is 10.9 Å². The SMILES string of the molecule is Cc1[nH]c(C(=O)NNC(=O)c2nn(-c3ccccc3)cc2O)c(C)c1C(=O)OC(C)C. The molecule has 162 valence electrons.